The smallest absolute Gasteiger partial charge is 0.0587 e. The summed E-state index contributed by atoms with van der Waals surface area (Å²) in [6.07, 6.45) is 2.34. The summed E-state index contributed by atoms with van der Waals surface area (Å²) in [7, 11) is 1.73. The molecule has 1 aliphatic rings. The number of hydrogen-bond donors (Lipinski definition) is 1. The molecule has 3 nitrogen and oxygen atoms in total. The monoisotopic (exact) mass is 281 g/mol. The second-order valence-corrected chi connectivity index (χ2v) is 6.12. The fourth-order valence-electron chi connectivity index (χ4n) is 2.08. The van der Waals surface area contributed by atoms with E-state index in [4.69, 9.17) is 9.47 Å². The molecule has 0 aromatic heterocycles. The summed E-state index contributed by atoms with van der Waals surface area (Å²) in [6.45, 7) is 4.40. The summed E-state index contributed by atoms with van der Waals surface area (Å²) in [5, 5.41) is 4.08. The Bertz CT molecular complexity index is 350. The van der Waals surface area contributed by atoms with Gasteiger partial charge in [0, 0.05) is 43.6 Å². The molecule has 0 atom stereocenters. The Kier molecular flexibility index (Phi) is 6.71. The van der Waals surface area contributed by atoms with E-state index in [9.17, 15) is 0 Å². The van der Waals surface area contributed by atoms with Crippen LogP contribution in [-0.4, -0.2) is 38.7 Å². The fraction of sp³-hybridized carbons (Fsp3) is 0.600. The maximum absolute atomic E-state index is 5.39. The average Bonchev–Trinajstić information content (AvgIpc) is 2.46. The first-order chi connectivity index (χ1) is 9.38. The van der Waals surface area contributed by atoms with Crippen LogP contribution in [0.25, 0.3) is 0 Å². The van der Waals surface area contributed by atoms with Crippen molar-refractivity contribution in [2.24, 2.45) is 0 Å². The molecule has 0 spiro atoms. The van der Waals surface area contributed by atoms with Crippen LogP contribution in [-0.2, 0) is 16.0 Å². The van der Waals surface area contributed by atoms with Gasteiger partial charge in [0.15, 0.2) is 0 Å². The molecule has 106 valence electrons. The van der Waals surface area contributed by atoms with Crippen LogP contribution in [0.15, 0.2) is 29.2 Å². The summed E-state index contributed by atoms with van der Waals surface area (Å²) in [4.78, 5) is 1.37. The Balaban J connectivity index is 1.74. The minimum Gasteiger partial charge on any atom is -0.383 e. The van der Waals surface area contributed by atoms with E-state index in [1.165, 1.54) is 23.3 Å². The van der Waals surface area contributed by atoms with Gasteiger partial charge in [-0.25, -0.2) is 0 Å². The lowest BCUT2D eigenvalue weighted by atomic mass is 10.2. The maximum Gasteiger partial charge on any atom is 0.0587 e. The van der Waals surface area contributed by atoms with Crippen LogP contribution in [0, 0.1) is 0 Å². The van der Waals surface area contributed by atoms with Gasteiger partial charge in [0.2, 0.25) is 0 Å². The van der Waals surface area contributed by atoms with Gasteiger partial charge >= 0.3 is 0 Å². The number of hydrogen-bond acceptors (Lipinski definition) is 4. The fourth-order valence-corrected chi connectivity index (χ4v) is 3.19. The highest BCUT2D eigenvalue weighted by Crippen LogP contribution is 2.29. The van der Waals surface area contributed by atoms with E-state index in [-0.39, 0.29) is 0 Å². The van der Waals surface area contributed by atoms with Crippen molar-refractivity contribution in [3.63, 3.8) is 0 Å². The van der Waals surface area contributed by atoms with Gasteiger partial charge in [0.05, 0.1) is 6.61 Å². The molecular formula is C15H23NO2S. The molecule has 1 heterocycles. The lowest BCUT2D eigenvalue weighted by Gasteiger charge is -2.21. The maximum atomic E-state index is 5.39. The van der Waals surface area contributed by atoms with E-state index in [1.54, 1.807) is 7.11 Å². The number of methoxy groups -OCH3 is 1. The Morgan fingerprint density at radius 1 is 1.26 bits per heavy atom. The van der Waals surface area contributed by atoms with Crippen molar-refractivity contribution in [2.75, 3.05) is 33.5 Å². The molecule has 0 amide bonds. The number of nitrogens with one attached hydrogen (secondary N) is 1. The third-order valence-electron chi connectivity index (χ3n) is 3.21. The second-order valence-electron chi connectivity index (χ2n) is 4.74. The Labute approximate surface area is 120 Å². The van der Waals surface area contributed by atoms with Gasteiger partial charge in [-0.1, -0.05) is 12.1 Å². The van der Waals surface area contributed by atoms with Crippen molar-refractivity contribution >= 4 is 11.8 Å². The largest absolute Gasteiger partial charge is 0.383 e. The molecule has 1 N–H and O–H groups in total. The lowest BCUT2D eigenvalue weighted by molar-refractivity contribution is 0.100. The summed E-state index contributed by atoms with van der Waals surface area (Å²) < 4.78 is 10.4. The van der Waals surface area contributed by atoms with E-state index >= 15 is 0 Å². The van der Waals surface area contributed by atoms with Crippen LogP contribution in [0.2, 0.25) is 0 Å². The van der Waals surface area contributed by atoms with E-state index in [1.807, 2.05) is 11.8 Å². The average molecular weight is 281 g/mol. The van der Waals surface area contributed by atoms with Gasteiger partial charge in [-0.2, -0.15) is 0 Å². The van der Waals surface area contributed by atoms with Crippen molar-refractivity contribution in [3.05, 3.63) is 29.8 Å². The molecule has 0 radical (unpaired) electrons. The zero-order valence-electron chi connectivity index (χ0n) is 11.6. The highest BCUT2D eigenvalue weighted by Gasteiger charge is 2.14. The first kappa shape index (κ1) is 14.9. The third-order valence-corrected chi connectivity index (χ3v) is 4.56. The molecule has 19 heavy (non-hydrogen) atoms. The quantitative estimate of drug-likeness (QED) is 0.779. The second kappa shape index (κ2) is 8.59. The topological polar surface area (TPSA) is 30.5 Å². The summed E-state index contributed by atoms with van der Waals surface area (Å²) >= 11 is 1.98. The molecule has 0 unspecified atom stereocenters. The Morgan fingerprint density at radius 2 is 2.00 bits per heavy atom. The molecule has 2 rings (SSSR count). The zero-order chi connectivity index (χ0) is 13.3. The van der Waals surface area contributed by atoms with Crippen molar-refractivity contribution < 1.29 is 9.47 Å². The first-order valence-electron chi connectivity index (χ1n) is 6.91. The first-order valence-corrected chi connectivity index (χ1v) is 7.79. The summed E-state index contributed by atoms with van der Waals surface area (Å²) in [5.74, 6) is 0. The standard InChI is InChI=1S/C15H23NO2S/c1-17-11-8-16-12-13-2-4-14(5-3-13)19-15-6-9-18-10-7-15/h2-5,15-16H,6-12H2,1H3. The van der Waals surface area contributed by atoms with E-state index in [0.29, 0.717) is 0 Å². The van der Waals surface area contributed by atoms with Crippen LogP contribution in [0.3, 0.4) is 0 Å². The van der Waals surface area contributed by atoms with Crippen molar-refractivity contribution in [2.45, 2.75) is 29.5 Å². The van der Waals surface area contributed by atoms with Crippen LogP contribution in [0.5, 0.6) is 0 Å². The van der Waals surface area contributed by atoms with Gasteiger partial charge in [0.1, 0.15) is 0 Å². The molecule has 0 bridgehead atoms. The highest BCUT2D eigenvalue weighted by atomic mass is 32.2. The van der Waals surface area contributed by atoms with Crippen LogP contribution in [0.4, 0.5) is 0 Å². The van der Waals surface area contributed by atoms with Gasteiger partial charge in [-0.3, -0.25) is 0 Å². The minimum absolute atomic E-state index is 0.722. The number of rotatable bonds is 7. The predicted molar refractivity (Wildman–Crippen MR) is 79.7 cm³/mol. The molecule has 0 aliphatic carbocycles. The molecule has 1 aromatic rings. The minimum atomic E-state index is 0.722. The summed E-state index contributed by atoms with van der Waals surface area (Å²) in [5.41, 5.74) is 1.33. The van der Waals surface area contributed by atoms with Gasteiger partial charge in [-0.05, 0) is 30.5 Å². The highest BCUT2D eigenvalue weighted by molar-refractivity contribution is 8.00. The molecule has 0 saturated carbocycles. The lowest BCUT2D eigenvalue weighted by Crippen LogP contribution is -2.18. The molecule has 1 saturated heterocycles. The Hall–Kier alpha value is -0.550. The molecule has 4 heteroatoms. The number of benzene rings is 1. The SMILES string of the molecule is COCCNCc1ccc(SC2CCOCC2)cc1. The van der Waals surface area contributed by atoms with E-state index in [2.05, 4.69) is 29.6 Å². The molecular weight excluding hydrogens is 258 g/mol. The van der Waals surface area contributed by atoms with Gasteiger partial charge in [-0.15, -0.1) is 11.8 Å². The normalized spacial score (nSPS) is 16.7. The third kappa shape index (κ3) is 5.53. The zero-order valence-corrected chi connectivity index (χ0v) is 12.4. The van der Waals surface area contributed by atoms with Gasteiger partial charge < -0.3 is 14.8 Å². The van der Waals surface area contributed by atoms with Crippen LogP contribution < -0.4 is 5.32 Å². The van der Waals surface area contributed by atoms with Crippen LogP contribution in [0.1, 0.15) is 18.4 Å². The van der Waals surface area contributed by atoms with Crippen LogP contribution >= 0.6 is 11.8 Å². The van der Waals surface area contributed by atoms with Gasteiger partial charge in [0.25, 0.3) is 0 Å². The van der Waals surface area contributed by atoms with E-state index in [0.717, 1.165) is 38.2 Å². The number of thioether (sulfide) groups is 1. The molecule has 1 fully saturated rings. The predicted octanol–water partition coefficient (Wildman–Crippen LogP) is 2.69. The van der Waals surface area contributed by atoms with Crippen molar-refractivity contribution in [3.8, 4) is 0 Å². The molecule has 1 aliphatic heterocycles. The van der Waals surface area contributed by atoms with Crippen molar-refractivity contribution in [1.29, 1.82) is 0 Å². The number of ether oxygens (including phenoxy) is 2. The molecule has 1 aromatic carbocycles. The van der Waals surface area contributed by atoms with Crippen molar-refractivity contribution in [1.82, 2.24) is 5.32 Å². The van der Waals surface area contributed by atoms with E-state index < -0.39 is 0 Å². The summed E-state index contributed by atoms with van der Waals surface area (Å²) in [6, 6.07) is 8.88. The Morgan fingerprint density at radius 3 is 2.68 bits per heavy atom.